The highest BCUT2D eigenvalue weighted by Gasteiger charge is 2.46. The molecule has 2 nitrogen and oxygen atoms in total. The molecule has 0 saturated heterocycles. The van der Waals surface area contributed by atoms with Crippen molar-refractivity contribution in [3.63, 3.8) is 0 Å². The molecule has 5 aliphatic carbocycles. The fraction of sp³-hybridized carbons (Fsp3) is 0.310. The van der Waals surface area contributed by atoms with Crippen molar-refractivity contribution in [1.29, 1.82) is 0 Å². The van der Waals surface area contributed by atoms with Gasteiger partial charge in [-0.2, -0.15) is 0 Å². The molecule has 5 aliphatic rings. The SMILES string of the molecule is CCCCC1(CCCC)c2ccccc2-c2ccc(N(c3ccc4c(c3)C(C)(C)c3ccccc3-4)c3ccc4c(c3)C(C)(C)c3cc(N(c5ccc6c(c5)C(C)(C)c5ccccc5-6)c5ccc6c(c5)C(CCCC)(CCCC)c5ccccc5-6)ccc3-4)cc21. The predicted octanol–water partition coefficient (Wildman–Crippen LogP) is 24.8. The molecule has 0 atom stereocenters. The normalized spacial score (nSPS) is 16.1. The van der Waals surface area contributed by atoms with Crippen LogP contribution >= 0.6 is 0 Å². The molecule has 0 heterocycles. The van der Waals surface area contributed by atoms with Gasteiger partial charge in [0, 0.05) is 61.2 Å². The number of benzene rings is 10. The van der Waals surface area contributed by atoms with Crippen LogP contribution < -0.4 is 9.80 Å². The lowest BCUT2D eigenvalue weighted by Crippen LogP contribution is -2.26. The lowest BCUT2D eigenvalue weighted by atomic mass is 9.71. The van der Waals surface area contributed by atoms with Crippen molar-refractivity contribution in [3.8, 4) is 55.6 Å². The van der Waals surface area contributed by atoms with E-state index in [4.69, 9.17) is 0 Å². The Hall–Kier alpha value is -8.20. The standard InChI is InChI=1S/C87H88N2/c1-11-15-47-86(48-16-12-2)75-33-25-21-29-65(75)71-45-39-61(55-81(71)86)88(57-35-41-67-63-27-19-23-31-73(63)83(5,6)77(67)51-57)59-37-43-69-70-44-38-60(54-80(70)85(9,10)79(69)53-59)89(58-36-42-68-64-28-20-24-32-74(64)84(7,8)78(68)52-58)62-40-46-72-66-30-22-26-34-76(66)87(49-17-13-3,50-18-14-4)82(72)56-62/h19-46,51-56H,11-18,47-50H2,1-10H3. The number of hydrogen-bond acceptors (Lipinski definition) is 2. The molecule has 89 heavy (non-hydrogen) atoms. The van der Waals surface area contributed by atoms with Gasteiger partial charge >= 0.3 is 0 Å². The number of anilines is 6. The van der Waals surface area contributed by atoms with Crippen LogP contribution in [0, 0.1) is 0 Å². The van der Waals surface area contributed by atoms with E-state index in [0.29, 0.717) is 0 Å². The monoisotopic (exact) mass is 1160 g/mol. The van der Waals surface area contributed by atoms with E-state index in [1.165, 1.54) is 197 Å². The van der Waals surface area contributed by atoms with Gasteiger partial charge in [0.1, 0.15) is 0 Å². The second kappa shape index (κ2) is 21.5. The van der Waals surface area contributed by atoms with Crippen LogP contribution in [0.5, 0.6) is 0 Å². The van der Waals surface area contributed by atoms with Crippen LogP contribution in [0.25, 0.3) is 55.6 Å². The van der Waals surface area contributed by atoms with Gasteiger partial charge in [-0.15, -0.1) is 0 Å². The zero-order valence-electron chi connectivity index (χ0n) is 54.5. The minimum absolute atomic E-state index is 0.0343. The summed E-state index contributed by atoms with van der Waals surface area (Å²) in [6.45, 7) is 24.1. The maximum Gasteiger partial charge on any atom is 0.0465 e. The fourth-order valence-corrected chi connectivity index (χ4v) is 18.0. The maximum atomic E-state index is 2.62. The molecule has 0 aromatic heterocycles. The van der Waals surface area contributed by atoms with Crippen LogP contribution in [0.2, 0.25) is 0 Å². The van der Waals surface area contributed by atoms with Crippen molar-refractivity contribution in [2.75, 3.05) is 9.80 Å². The van der Waals surface area contributed by atoms with Gasteiger partial charge in [0.25, 0.3) is 0 Å². The summed E-state index contributed by atoms with van der Waals surface area (Å²) in [7, 11) is 0. The molecule has 10 aromatic carbocycles. The summed E-state index contributed by atoms with van der Waals surface area (Å²) in [5, 5.41) is 0. The zero-order chi connectivity index (χ0) is 61.2. The second-order valence-corrected chi connectivity index (χ2v) is 28.7. The van der Waals surface area contributed by atoms with Crippen LogP contribution in [0.4, 0.5) is 34.1 Å². The van der Waals surface area contributed by atoms with Crippen molar-refractivity contribution >= 4 is 34.1 Å². The van der Waals surface area contributed by atoms with E-state index >= 15 is 0 Å². The van der Waals surface area contributed by atoms with Crippen LogP contribution in [0.3, 0.4) is 0 Å². The first-order valence-corrected chi connectivity index (χ1v) is 34.1. The van der Waals surface area contributed by atoms with Crippen molar-refractivity contribution in [3.05, 3.63) is 262 Å². The van der Waals surface area contributed by atoms with Crippen LogP contribution in [0.1, 0.15) is 202 Å². The first-order valence-electron chi connectivity index (χ1n) is 34.1. The van der Waals surface area contributed by atoms with Crippen LogP contribution in [0.15, 0.2) is 206 Å². The average molecular weight is 1160 g/mol. The third-order valence-electron chi connectivity index (χ3n) is 22.7. The molecule has 10 aromatic rings. The topological polar surface area (TPSA) is 6.48 Å². The Morgan fingerprint density at radius 3 is 0.697 bits per heavy atom. The zero-order valence-corrected chi connectivity index (χ0v) is 54.5. The minimum Gasteiger partial charge on any atom is -0.310 e. The predicted molar refractivity (Wildman–Crippen MR) is 379 cm³/mol. The van der Waals surface area contributed by atoms with Gasteiger partial charge < -0.3 is 9.80 Å². The highest BCUT2D eigenvalue weighted by atomic mass is 15.1. The largest absolute Gasteiger partial charge is 0.310 e. The van der Waals surface area contributed by atoms with Crippen LogP contribution in [-0.2, 0) is 27.1 Å². The van der Waals surface area contributed by atoms with Crippen molar-refractivity contribution in [2.45, 2.75) is 173 Å². The molecule has 446 valence electrons. The number of unbranched alkanes of at least 4 members (excludes halogenated alkanes) is 4. The van der Waals surface area contributed by atoms with E-state index in [1.807, 2.05) is 0 Å². The van der Waals surface area contributed by atoms with E-state index in [-0.39, 0.29) is 27.1 Å². The Balaban J connectivity index is 0.886. The number of fused-ring (bicyclic) bond motifs is 15. The van der Waals surface area contributed by atoms with Gasteiger partial charge in [0.05, 0.1) is 0 Å². The molecule has 0 amide bonds. The fourth-order valence-electron chi connectivity index (χ4n) is 18.0. The second-order valence-electron chi connectivity index (χ2n) is 28.7. The maximum absolute atomic E-state index is 2.62. The number of rotatable bonds is 18. The van der Waals surface area contributed by atoms with Gasteiger partial charge in [-0.25, -0.2) is 0 Å². The molecule has 2 heteroatoms. The van der Waals surface area contributed by atoms with E-state index in [1.54, 1.807) is 0 Å². The summed E-state index contributed by atoms with van der Waals surface area (Å²) in [4.78, 5) is 5.22. The van der Waals surface area contributed by atoms with Crippen molar-refractivity contribution < 1.29 is 0 Å². The lowest BCUT2D eigenvalue weighted by Gasteiger charge is -2.34. The molecule has 0 radical (unpaired) electrons. The van der Waals surface area contributed by atoms with E-state index in [0.717, 1.165) is 25.7 Å². The Bertz CT molecular complexity index is 4150. The van der Waals surface area contributed by atoms with Crippen molar-refractivity contribution in [2.24, 2.45) is 0 Å². The molecular weight excluding hydrogens is 1070 g/mol. The number of hydrogen-bond donors (Lipinski definition) is 0. The van der Waals surface area contributed by atoms with E-state index in [9.17, 15) is 0 Å². The molecule has 0 N–H and O–H groups in total. The first kappa shape index (κ1) is 57.3. The van der Waals surface area contributed by atoms with Gasteiger partial charge in [-0.3, -0.25) is 0 Å². The summed E-state index contributed by atoms with van der Waals surface area (Å²) >= 11 is 0. The smallest absolute Gasteiger partial charge is 0.0465 e. The Kier molecular flexibility index (Phi) is 13.8. The molecule has 0 saturated carbocycles. The third kappa shape index (κ3) is 8.54. The van der Waals surface area contributed by atoms with Gasteiger partial charge in [0.15, 0.2) is 0 Å². The highest BCUT2D eigenvalue weighted by molar-refractivity contribution is 5.94. The molecule has 15 rings (SSSR count). The Morgan fingerprint density at radius 2 is 0.427 bits per heavy atom. The Labute approximate surface area is 531 Å². The lowest BCUT2D eigenvalue weighted by molar-refractivity contribution is 0.414. The van der Waals surface area contributed by atoms with E-state index < -0.39 is 0 Å². The third-order valence-corrected chi connectivity index (χ3v) is 22.7. The molecule has 0 fully saturated rings. The molecular formula is C87H88N2. The summed E-state index contributed by atoms with van der Waals surface area (Å²) < 4.78 is 0. The summed E-state index contributed by atoms with van der Waals surface area (Å²) in [6, 6.07) is 81.5. The summed E-state index contributed by atoms with van der Waals surface area (Å²) in [5.74, 6) is 0. The quantitative estimate of drug-likeness (QED) is 0.0845. The number of nitrogens with zero attached hydrogens (tertiary/aromatic N) is 2. The minimum atomic E-state index is -0.318. The summed E-state index contributed by atoms with van der Waals surface area (Å²) in [6.07, 6.45) is 14.2. The molecule has 0 unspecified atom stereocenters. The molecule has 0 aliphatic heterocycles. The molecule has 0 bridgehead atoms. The van der Waals surface area contributed by atoms with Crippen LogP contribution in [-0.4, -0.2) is 0 Å². The summed E-state index contributed by atoms with van der Waals surface area (Å²) in [5.41, 5.74) is 34.6. The van der Waals surface area contributed by atoms with Gasteiger partial charge in [-0.1, -0.05) is 254 Å². The van der Waals surface area contributed by atoms with Gasteiger partial charge in [0.2, 0.25) is 0 Å². The highest BCUT2D eigenvalue weighted by Crippen LogP contribution is 2.60. The van der Waals surface area contributed by atoms with Crippen molar-refractivity contribution in [1.82, 2.24) is 0 Å². The molecule has 0 spiro atoms. The average Bonchev–Trinajstić information content (AvgIpc) is 1.63. The van der Waals surface area contributed by atoms with Gasteiger partial charge in [-0.05, 0) is 210 Å². The first-order chi connectivity index (χ1) is 43.2. The van der Waals surface area contributed by atoms with E-state index in [2.05, 4.69) is 285 Å². The Morgan fingerprint density at radius 1 is 0.225 bits per heavy atom.